The number of aromatic nitrogens is 1. The highest BCUT2D eigenvalue weighted by atomic mass is 32.2. The van der Waals surface area contributed by atoms with Crippen LogP contribution in [0.5, 0.6) is 0 Å². The first-order valence-corrected chi connectivity index (χ1v) is 12.1. The molecule has 1 unspecified atom stereocenters. The van der Waals surface area contributed by atoms with E-state index in [1.807, 2.05) is 26.0 Å². The van der Waals surface area contributed by atoms with E-state index >= 15 is 0 Å². The van der Waals surface area contributed by atoms with Gasteiger partial charge in [0.15, 0.2) is 0 Å². The van der Waals surface area contributed by atoms with Crippen LogP contribution in [0.1, 0.15) is 43.6 Å². The topological polar surface area (TPSA) is 99.7 Å². The molecule has 0 aliphatic heterocycles. The minimum atomic E-state index is -3.69. The molecule has 2 rings (SSSR count). The van der Waals surface area contributed by atoms with Gasteiger partial charge in [-0.15, -0.1) is 0 Å². The molecule has 0 aliphatic carbocycles. The number of pyridine rings is 1. The second-order valence-corrected chi connectivity index (χ2v) is 9.80. The number of carbonyl (C=O) groups is 2. The fourth-order valence-electron chi connectivity index (χ4n) is 3.33. The molecular weight excluding hydrogens is 428 g/mol. The summed E-state index contributed by atoms with van der Waals surface area (Å²) in [6, 6.07) is 8.80. The van der Waals surface area contributed by atoms with Crippen molar-refractivity contribution in [3.8, 4) is 0 Å². The fraction of sp³-hybridized carbons (Fsp3) is 0.435. The minimum Gasteiger partial charge on any atom is -0.340 e. The van der Waals surface area contributed by atoms with Gasteiger partial charge in [-0.25, -0.2) is 8.42 Å². The zero-order valence-electron chi connectivity index (χ0n) is 19.3. The maximum atomic E-state index is 13.0. The minimum absolute atomic E-state index is 0.0519. The lowest BCUT2D eigenvalue weighted by molar-refractivity contribution is -0.133. The number of nitrogens with zero attached hydrogens (tertiary/aromatic N) is 3. The Morgan fingerprint density at radius 3 is 2.25 bits per heavy atom. The van der Waals surface area contributed by atoms with Crippen LogP contribution < -0.4 is 5.32 Å². The summed E-state index contributed by atoms with van der Waals surface area (Å²) in [7, 11) is -2.01. The van der Waals surface area contributed by atoms with Crippen LogP contribution >= 0.6 is 0 Å². The third kappa shape index (κ3) is 6.14. The molecule has 2 aromatic rings. The van der Waals surface area contributed by atoms with Gasteiger partial charge in [0, 0.05) is 44.6 Å². The summed E-state index contributed by atoms with van der Waals surface area (Å²) < 4.78 is 26.9. The van der Waals surface area contributed by atoms with E-state index in [1.165, 1.54) is 22.5 Å². The van der Waals surface area contributed by atoms with E-state index in [4.69, 9.17) is 0 Å². The van der Waals surface area contributed by atoms with E-state index in [1.54, 1.807) is 44.3 Å². The van der Waals surface area contributed by atoms with Crippen LogP contribution in [0.3, 0.4) is 0 Å². The van der Waals surface area contributed by atoms with Gasteiger partial charge in [-0.3, -0.25) is 14.6 Å². The average molecular weight is 461 g/mol. The van der Waals surface area contributed by atoms with Crippen LogP contribution in [0.4, 0.5) is 0 Å². The first-order chi connectivity index (χ1) is 15.1. The van der Waals surface area contributed by atoms with E-state index in [2.05, 4.69) is 10.3 Å². The van der Waals surface area contributed by atoms with Crippen molar-refractivity contribution in [1.29, 1.82) is 0 Å². The molecule has 1 atom stereocenters. The zero-order valence-corrected chi connectivity index (χ0v) is 20.1. The standard InChI is InChI=1S/C23H32N4O4S/c1-6-27(7-2)32(30,31)20-10-8-9-19(15-20)22(28)25-21(17(3)4)23(29)26(5)16-18-11-13-24-14-12-18/h8-15,17,21H,6-7,16H2,1-5H3,(H,25,28). The van der Waals surface area contributed by atoms with E-state index < -0.39 is 22.0 Å². The highest BCUT2D eigenvalue weighted by molar-refractivity contribution is 7.89. The zero-order chi connectivity index (χ0) is 23.9. The summed E-state index contributed by atoms with van der Waals surface area (Å²) in [5.41, 5.74) is 1.12. The van der Waals surface area contributed by atoms with Gasteiger partial charge in [-0.05, 0) is 41.8 Å². The number of amides is 2. The number of benzene rings is 1. The smallest absolute Gasteiger partial charge is 0.251 e. The van der Waals surface area contributed by atoms with Crippen LogP contribution in [-0.4, -0.2) is 60.6 Å². The molecule has 1 heterocycles. The van der Waals surface area contributed by atoms with Crippen LogP contribution in [-0.2, 0) is 21.4 Å². The molecule has 1 aromatic carbocycles. The van der Waals surface area contributed by atoms with E-state index in [9.17, 15) is 18.0 Å². The Hall–Kier alpha value is -2.78. The Labute approximate surface area is 190 Å². The first-order valence-electron chi connectivity index (χ1n) is 10.7. The summed E-state index contributed by atoms with van der Waals surface area (Å²) in [6.07, 6.45) is 3.32. The molecule has 0 saturated carbocycles. The molecule has 2 amide bonds. The third-order valence-electron chi connectivity index (χ3n) is 5.20. The molecule has 0 fully saturated rings. The van der Waals surface area contributed by atoms with Crippen LogP contribution in [0.15, 0.2) is 53.7 Å². The summed E-state index contributed by atoms with van der Waals surface area (Å²) in [5, 5.41) is 2.78. The highest BCUT2D eigenvalue weighted by Gasteiger charge is 2.28. The van der Waals surface area contributed by atoms with Gasteiger partial charge in [0.05, 0.1) is 4.90 Å². The number of hydrogen-bond donors (Lipinski definition) is 1. The first kappa shape index (κ1) is 25.5. The number of carbonyl (C=O) groups excluding carboxylic acids is 2. The number of nitrogens with one attached hydrogen (secondary N) is 1. The van der Waals surface area contributed by atoms with E-state index in [-0.39, 0.29) is 22.3 Å². The van der Waals surface area contributed by atoms with Gasteiger partial charge in [-0.2, -0.15) is 4.31 Å². The van der Waals surface area contributed by atoms with Crippen molar-refractivity contribution in [2.24, 2.45) is 5.92 Å². The highest BCUT2D eigenvalue weighted by Crippen LogP contribution is 2.18. The maximum absolute atomic E-state index is 13.0. The quantitative estimate of drug-likeness (QED) is 0.587. The SMILES string of the molecule is CCN(CC)S(=O)(=O)c1cccc(C(=O)NC(C(=O)N(C)Cc2ccncc2)C(C)C)c1. The lowest BCUT2D eigenvalue weighted by Gasteiger charge is -2.27. The van der Waals surface area contributed by atoms with Crippen molar-refractivity contribution in [2.75, 3.05) is 20.1 Å². The largest absolute Gasteiger partial charge is 0.340 e. The van der Waals surface area contributed by atoms with Gasteiger partial charge in [-0.1, -0.05) is 33.8 Å². The van der Waals surface area contributed by atoms with Crippen molar-refractivity contribution >= 4 is 21.8 Å². The molecule has 0 aliphatic rings. The third-order valence-corrected chi connectivity index (χ3v) is 7.25. The summed E-state index contributed by atoms with van der Waals surface area (Å²) in [4.78, 5) is 31.6. The number of likely N-dealkylation sites (N-methyl/N-ethyl adjacent to an activating group) is 1. The molecule has 8 nitrogen and oxygen atoms in total. The molecule has 1 aromatic heterocycles. The normalized spacial score (nSPS) is 12.6. The van der Waals surface area contributed by atoms with Gasteiger partial charge in [0.1, 0.15) is 6.04 Å². The molecule has 174 valence electrons. The Morgan fingerprint density at radius 1 is 1.06 bits per heavy atom. The van der Waals surface area contributed by atoms with Crippen LogP contribution in [0.2, 0.25) is 0 Å². The predicted molar refractivity (Wildman–Crippen MR) is 123 cm³/mol. The van der Waals surface area contributed by atoms with Gasteiger partial charge in [0.2, 0.25) is 15.9 Å². The molecule has 9 heteroatoms. The Kier molecular flexibility index (Phi) is 8.91. The summed E-state index contributed by atoms with van der Waals surface area (Å²) >= 11 is 0. The molecule has 0 saturated heterocycles. The lowest BCUT2D eigenvalue weighted by Crippen LogP contribution is -2.50. The molecule has 0 bridgehead atoms. The molecule has 32 heavy (non-hydrogen) atoms. The predicted octanol–water partition coefficient (Wildman–Crippen LogP) is 2.53. The Bertz CT molecular complexity index is 1020. The van der Waals surface area contributed by atoms with E-state index in [0.717, 1.165) is 5.56 Å². The van der Waals surface area contributed by atoms with E-state index in [0.29, 0.717) is 19.6 Å². The van der Waals surface area contributed by atoms with Gasteiger partial charge < -0.3 is 10.2 Å². The molecule has 0 radical (unpaired) electrons. The van der Waals surface area contributed by atoms with Crippen LogP contribution in [0, 0.1) is 5.92 Å². The summed E-state index contributed by atoms with van der Waals surface area (Å²) in [6.45, 7) is 8.29. The number of sulfonamides is 1. The van der Waals surface area contributed by atoms with Crippen molar-refractivity contribution in [3.63, 3.8) is 0 Å². The second-order valence-electron chi connectivity index (χ2n) is 7.86. The number of rotatable bonds is 10. The monoisotopic (exact) mass is 460 g/mol. The second kappa shape index (κ2) is 11.2. The van der Waals surface area contributed by atoms with Crippen molar-refractivity contribution in [3.05, 3.63) is 59.9 Å². The fourth-order valence-corrected chi connectivity index (χ4v) is 4.83. The van der Waals surface area contributed by atoms with Gasteiger partial charge >= 0.3 is 0 Å². The maximum Gasteiger partial charge on any atom is 0.251 e. The average Bonchev–Trinajstić information content (AvgIpc) is 2.78. The molecular formula is C23H32N4O4S. The Morgan fingerprint density at radius 2 is 1.69 bits per heavy atom. The molecule has 1 N–H and O–H groups in total. The van der Waals surface area contributed by atoms with Crippen LogP contribution in [0.25, 0.3) is 0 Å². The molecule has 0 spiro atoms. The van der Waals surface area contributed by atoms with Gasteiger partial charge in [0.25, 0.3) is 5.91 Å². The van der Waals surface area contributed by atoms with Crippen molar-refractivity contribution < 1.29 is 18.0 Å². The lowest BCUT2D eigenvalue weighted by atomic mass is 10.0. The number of hydrogen-bond acceptors (Lipinski definition) is 5. The van der Waals surface area contributed by atoms with Crippen molar-refractivity contribution in [2.45, 2.75) is 45.2 Å². The summed E-state index contributed by atoms with van der Waals surface area (Å²) in [5.74, 6) is -0.878. The Balaban J connectivity index is 2.20. The van der Waals surface area contributed by atoms with Crippen molar-refractivity contribution in [1.82, 2.24) is 19.5 Å².